The molecule has 138 valence electrons. The van der Waals surface area contributed by atoms with Gasteiger partial charge in [0.15, 0.2) is 5.69 Å². The van der Waals surface area contributed by atoms with Crippen molar-refractivity contribution < 1.29 is 4.79 Å². The summed E-state index contributed by atoms with van der Waals surface area (Å²) in [6, 6.07) is 17.6. The lowest BCUT2D eigenvalue weighted by molar-refractivity contribution is 0.102. The lowest BCUT2D eigenvalue weighted by atomic mass is 10.2. The van der Waals surface area contributed by atoms with Crippen molar-refractivity contribution in [1.82, 2.24) is 15.0 Å². The molecule has 1 aliphatic rings. The third-order valence-electron chi connectivity index (χ3n) is 4.81. The van der Waals surface area contributed by atoms with Gasteiger partial charge in [0.2, 0.25) is 0 Å². The van der Waals surface area contributed by atoms with E-state index in [-0.39, 0.29) is 11.6 Å². The Bertz CT molecular complexity index is 880. The molecule has 6 heteroatoms. The van der Waals surface area contributed by atoms with E-state index in [1.807, 2.05) is 42.5 Å². The van der Waals surface area contributed by atoms with Crippen LogP contribution in [0.15, 0.2) is 60.8 Å². The van der Waals surface area contributed by atoms with Gasteiger partial charge in [-0.25, -0.2) is 0 Å². The summed E-state index contributed by atoms with van der Waals surface area (Å²) in [6.45, 7) is 2.21. The van der Waals surface area contributed by atoms with Gasteiger partial charge in [-0.15, -0.1) is 5.10 Å². The summed E-state index contributed by atoms with van der Waals surface area (Å²) in [4.78, 5) is 16.3. The molecule has 1 N–H and O–H groups in total. The lowest BCUT2D eigenvalue weighted by Gasteiger charge is -2.22. The van der Waals surface area contributed by atoms with E-state index in [4.69, 9.17) is 0 Å². The van der Waals surface area contributed by atoms with Gasteiger partial charge in [-0.05, 0) is 49.2 Å². The molecular formula is C21H23N5O. The van der Waals surface area contributed by atoms with Crippen molar-refractivity contribution >= 4 is 17.3 Å². The Morgan fingerprint density at radius 2 is 1.56 bits per heavy atom. The fourth-order valence-electron chi connectivity index (χ4n) is 3.33. The largest absolute Gasteiger partial charge is 0.372 e. The second-order valence-electron chi connectivity index (χ2n) is 6.76. The molecule has 0 saturated carbocycles. The highest BCUT2D eigenvalue weighted by atomic mass is 16.2. The van der Waals surface area contributed by atoms with Gasteiger partial charge in [-0.1, -0.05) is 31.0 Å². The summed E-state index contributed by atoms with van der Waals surface area (Å²) < 4.78 is 0. The van der Waals surface area contributed by atoms with Crippen molar-refractivity contribution in [2.75, 3.05) is 23.3 Å². The van der Waals surface area contributed by atoms with Crippen LogP contribution in [0, 0.1) is 0 Å². The van der Waals surface area contributed by atoms with Gasteiger partial charge in [0, 0.05) is 24.5 Å². The molecule has 1 aromatic heterocycles. The number of hydrogen-bond donors (Lipinski definition) is 1. The van der Waals surface area contributed by atoms with Crippen LogP contribution in [-0.4, -0.2) is 34.0 Å². The van der Waals surface area contributed by atoms with Crippen LogP contribution in [0.1, 0.15) is 36.2 Å². The number of aromatic nitrogens is 3. The number of amides is 1. The first-order valence-electron chi connectivity index (χ1n) is 9.44. The normalized spacial score (nSPS) is 14.6. The Balaban J connectivity index is 1.41. The summed E-state index contributed by atoms with van der Waals surface area (Å²) >= 11 is 0. The number of carbonyl (C=O) groups excluding carboxylic acids is 1. The second-order valence-corrected chi connectivity index (χ2v) is 6.76. The molecule has 1 amide bonds. The van der Waals surface area contributed by atoms with Crippen molar-refractivity contribution in [2.24, 2.45) is 0 Å². The van der Waals surface area contributed by atoms with Crippen LogP contribution >= 0.6 is 0 Å². The molecule has 1 saturated heterocycles. The zero-order valence-electron chi connectivity index (χ0n) is 15.2. The van der Waals surface area contributed by atoms with Gasteiger partial charge in [0.1, 0.15) is 0 Å². The molecule has 0 aliphatic carbocycles. The molecule has 1 aliphatic heterocycles. The van der Waals surface area contributed by atoms with Crippen LogP contribution in [0.4, 0.5) is 11.4 Å². The van der Waals surface area contributed by atoms with E-state index < -0.39 is 0 Å². The van der Waals surface area contributed by atoms with E-state index in [1.165, 1.54) is 42.4 Å². The number of hydrogen-bond acceptors (Lipinski definition) is 4. The fourth-order valence-corrected chi connectivity index (χ4v) is 3.33. The second kappa shape index (κ2) is 8.03. The number of anilines is 2. The van der Waals surface area contributed by atoms with E-state index >= 15 is 0 Å². The van der Waals surface area contributed by atoms with E-state index in [1.54, 1.807) is 0 Å². The molecule has 4 rings (SSSR count). The highest BCUT2D eigenvalue weighted by Gasteiger charge is 2.13. The van der Waals surface area contributed by atoms with Crippen molar-refractivity contribution in [2.45, 2.75) is 25.7 Å². The van der Waals surface area contributed by atoms with Crippen LogP contribution in [0.2, 0.25) is 0 Å². The van der Waals surface area contributed by atoms with Gasteiger partial charge in [-0.3, -0.25) is 4.79 Å². The molecular weight excluding hydrogens is 338 g/mol. The van der Waals surface area contributed by atoms with Crippen LogP contribution in [0.3, 0.4) is 0 Å². The Labute approximate surface area is 158 Å². The lowest BCUT2D eigenvalue weighted by Crippen LogP contribution is -2.23. The predicted molar refractivity (Wildman–Crippen MR) is 106 cm³/mol. The third-order valence-corrected chi connectivity index (χ3v) is 4.81. The molecule has 6 nitrogen and oxygen atoms in total. The van der Waals surface area contributed by atoms with Gasteiger partial charge < -0.3 is 10.2 Å². The van der Waals surface area contributed by atoms with Gasteiger partial charge in [0.25, 0.3) is 5.91 Å². The van der Waals surface area contributed by atoms with Crippen LogP contribution < -0.4 is 10.2 Å². The monoisotopic (exact) mass is 361 g/mol. The molecule has 3 aromatic rings. The molecule has 0 bridgehead atoms. The third kappa shape index (κ3) is 4.16. The first-order valence-corrected chi connectivity index (χ1v) is 9.44. The number of carbonyl (C=O) groups is 1. The van der Waals surface area contributed by atoms with Crippen LogP contribution in [-0.2, 0) is 0 Å². The topological polar surface area (TPSA) is 63.1 Å². The number of rotatable bonds is 4. The zero-order valence-corrected chi connectivity index (χ0v) is 15.2. The van der Waals surface area contributed by atoms with Crippen LogP contribution in [0.25, 0.3) is 5.69 Å². The van der Waals surface area contributed by atoms with Gasteiger partial charge in [0.05, 0.1) is 11.9 Å². The molecule has 0 radical (unpaired) electrons. The maximum Gasteiger partial charge on any atom is 0.277 e. The van der Waals surface area contributed by atoms with Crippen molar-refractivity contribution in [1.29, 1.82) is 0 Å². The molecule has 0 unspecified atom stereocenters. The summed E-state index contributed by atoms with van der Waals surface area (Å²) in [5.74, 6) is -0.264. The standard InChI is InChI=1S/C21H23N5O/c27-21(20-16-22-26(24-20)19-8-4-3-5-9-19)23-17-10-12-18(13-11-17)25-14-6-1-2-7-15-25/h3-5,8-13,16H,1-2,6-7,14-15H2,(H,23,27). The van der Waals surface area contributed by atoms with Crippen molar-refractivity contribution in [3.05, 3.63) is 66.5 Å². The van der Waals surface area contributed by atoms with Crippen LogP contribution in [0.5, 0.6) is 0 Å². The molecule has 27 heavy (non-hydrogen) atoms. The Morgan fingerprint density at radius 3 is 2.26 bits per heavy atom. The first kappa shape index (κ1) is 17.3. The van der Waals surface area contributed by atoms with E-state index in [0.717, 1.165) is 24.5 Å². The zero-order chi connectivity index (χ0) is 18.5. The molecule has 0 atom stereocenters. The Kier molecular flexibility index (Phi) is 5.14. The maximum absolute atomic E-state index is 12.5. The molecule has 1 fully saturated rings. The minimum Gasteiger partial charge on any atom is -0.372 e. The average Bonchev–Trinajstić information content (AvgIpc) is 3.06. The SMILES string of the molecule is O=C(Nc1ccc(N2CCCCCC2)cc1)c1cnn(-c2ccccc2)n1. The van der Waals surface area contributed by atoms with Gasteiger partial charge in [-0.2, -0.15) is 9.90 Å². The Hall–Kier alpha value is -3.15. The molecule has 0 spiro atoms. The molecule has 2 aromatic carbocycles. The maximum atomic E-state index is 12.5. The Morgan fingerprint density at radius 1 is 0.852 bits per heavy atom. The first-order chi connectivity index (χ1) is 13.3. The number of nitrogens with zero attached hydrogens (tertiary/aromatic N) is 4. The summed E-state index contributed by atoms with van der Waals surface area (Å²) in [5.41, 5.74) is 3.08. The van der Waals surface area contributed by atoms with E-state index in [2.05, 4.69) is 32.5 Å². The van der Waals surface area contributed by atoms with Crippen molar-refractivity contribution in [3.8, 4) is 5.69 Å². The number of para-hydroxylation sites is 1. The molecule has 2 heterocycles. The highest BCUT2D eigenvalue weighted by molar-refractivity contribution is 6.02. The van der Waals surface area contributed by atoms with E-state index in [9.17, 15) is 4.79 Å². The summed E-state index contributed by atoms with van der Waals surface area (Å²) in [5, 5.41) is 11.3. The van der Waals surface area contributed by atoms with Crippen molar-refractivity contribution in [3.63, 3.8) is 0 Å². The number of benzene rings is 2. The average molecular weight is 361 g/mol. The predicted octanol–water partition coefficient (Wildman–Crippen LogP) is 3.90. The summed E-state index contributed by atoms with van der Waals surface area (Å²) in [7, 11) is 0. The highest BCUT2D eigenvalue weighted by Crippen LogP contribution is 2.21. The van der Waals surface area contributed by atoms with Gasteiger partial charge >= 0.3 is 0 Å². The minimum atomic E-state index is -0.264. The summed E-state index contributed by atoms with van der Waals surface area (Å²) in [6.07, 6.45) is 6.60. The van der Waals surface area contributed by atoms with E-state index in [0.29, 0.717) is 0 Å². The quantitative estimate of drug-likeness (QED) is 0.765. The number of nitrogens with one attached hydrogen (secondary N) is 1. The fraction of sp³-hybridized carbons (Fsp3) is 0.286. The minimum absolute atomic E-state index is 0.264. The smallest absolute Gasteiger partial charge is 0.277 e.